The number of aryl methyl sites for hydroxylation is 1. The summed E-state index contributed by atoms with van der Waals surface area (Å²) in [5.74, 6) is -1.12. The molecule has 2 N–H and O–H groups in total. The van der Waals surface area contributed by atoms with Crippen molar-refractivity contribution in [3.05, 3.63) is 23.4 Å². The molecule has 0 saturated heterocycles. The van der Waals surface area contributed by atoms with E-state index in [4.69, 9.17) is 5.11 Å². The van der Waals surface area contributed by atoms with Crippen LogP contribution < -0.4 is 4.72 Å². The standard InChI is InChI=1S/C8H10N2O4S/c1-5-3-6(8(11)12)4-7(9-5)10-15(2,13)14/h3-4H,1-2H3,(H,9,10)(H,11,12). The van der Waals surface area contributed by atoms with Gasteiger partial charge in [0.05, 0.1) is 11.8 Å². The van der Waals surface area contributed by atoms with Crippen LogP contribution >= 0.6 is 0 Å². The van der Waals surface area contributed by atoms with Gasteiger partial charge in [0.15, 0.2) is 0 Å². The summed E-state index contributed by atoms with van der Waals surface area (Å²) in [6.45, 7) is 1.58. The van der Waals surface area contributed by atoms with Crippen LogP contribution in [0.1, 0.15) is 16.1 Å². The number of sulfonamides is 1. The van der Waals surface area contributed by atoms with Crippen molar-refractivity contribution >= 4 is 21.8 Å². The van der Waals surface area contributed by atoms with E-state index in [1.165, 1.54) is 6.07 Å². The summed E-state index contributed by atoms with van der Waals surface area (Å²) in [5, 5.41) is 8.73. The number of carboxylic acids is 1. The average molecular weight is 230 g/mol. The molecule has 0 aliphatic carbocycles. The first kappa shape index (κ1) is 11.4. The monoisotopic (exact) mass is 230 g/mol. The Morgan fingerprint density at radius 2 is 2.07 bits per heavy atom. The Hall–Kier alpha value is -1.63. The molecule has 0 spiro atoms. The average Bonchev–Trinajstić information content (AvgIpc) is 1.99. The van der Waals surface area contributed by atoms with Gasteiger partial charge in [0.2, 0.25) is 10.0 Å². The molecule has 0 unspecified atom stereocenters. The summed E-state index contributed by atoms with van der Waals surface area (Å²) in [5.41, 5.74) is 0.426. The first-order chi connectivity index (χ1) is 6.78. The second-order valence-corrected chi connectivity index (χ2v) is 4.81. The van der Waals surface area contributed by atoms with Gasteiger partial charge in [-0.1, -0.05) is 0 Å². The Balaban J connectivity index is 3.15. The molecule has 1 heterocycles. The third-order valence-corrected chi connectivity index (χ3v) is 2.07. The van der Waals surface area contributed by atoms with E-state index >= 15 is 0 Å². The highest BCUT2D eigenvalue weighted by Crippen LogP contribution is 2.11. The Kier molecular flexibility index (Phi) is 2.94. The van der Waals surface area contributed by atoms with Crippen LogP contribution in [0.15, 0.2) is 12.1 Å². The predicted octanol–water partition coefficient (Wildman–Crippen LogP) is 0.460. The Bertz CT molecular complexity index is 495. The topological polar surface area (TPSA) is 96.4 Å². The summed E-state index contributed by atoms with van der Waals surface area (Å²) >= 11 is 0. The Morgan fingerprint density at radius 1 is 1.47 bits per heavy atom. The fourth-order valence-corrected chi connectivity index (χ4v) is 1.52. The smallest absolute Gasteiger partial charge is 0.335 e. The van der Waals surface area contributed by atoms with E-state index in [-0.39, 0.29) is 11.4 Å². The number of rotatable bonds is 3. The highest BCUT2D eigenvalue weighted by Gasteiger charge is 2.09. The first-order valence-corrected chi connectivity index (χ1v) is 5.87. The van der Waals surface area contributed by atoms with E-state index in [1.807, 2.05) is 0 Å². The molecule has 1 aromatic rings. The summed E-state index contributed by atoms with van der Waals surface area (Å²) in [4.78, 5) is 14.5. The van der Waals surface area contributed by atoms with Crippen molar-refractivity contribution in [3.63, 3.8) is 0 Å². The minimum absolute atomic E-state index is 0.00588. The molecule has 0 radical (unpaired) electrons. The molecule has 1 aromatic heterocycles. The number of carboxylic acid groups (broad SMARTS) is 1. The van der Waals surface area contributed by atoms with E-state index in [0.717, 1.165) is 12.3 Å². The van der Waals surface area contributed by atoms with Crippen LogP contribution in [0.5, 0.6) is 0 Å². The first-order valence-electron chi connectivity index (χ1n) is 3.98. The third kappa shape index (κ3) is 3.55. The van der Waals surface area contributed by atoms with Gasteiger partial charge < -0.3 is 5.11 Å². The molecule has 6 nitrogen and oxygen atoms in total. The van der Waals surface area contributed by atoms with E-state index in [1.54, 1.807) is 6.92 Å². The number of pyridine rings is 1. The third-order valence-electron chi connectivity index (χ3n) is 1.49. The molecule has 0 aromatic carbocycles. The van der Waals surface area contributed by atoms with Gasteiger partial charge in [-0.05, 0) is 19.1 Å². The highest BCUT2D eigenvalue weighted by atomic mass is 32.2. The predicted molar refractivity (Wildman–Crippen MR) is 54.4 cm³/mol. The lowest BCUT2D eigenvalue weighted by atomic mass is 10.2. The molecule has 0 saturated carbocycles. The zero-order valence-corrected chi connectivity index (χ0v) is 9.00. The largest absolute Gasteiger partial charge is 0.478 e. The molecule has 15 heavy (non-hydrogen) atoms. The van der Waals surface area contributed by atoms with Crippen LogP contribution in [0.25, 0.3) is 0 Å². The lowest BCUT2D eigenvalue weighted by Gasteiger charge is -2.05. The number of nitrogens with zero attached hydrogens (tertiary/aromatic N) is 1. The molecule has 0 fully saturated rings. The minimum Gasteiger partial charge on any atom is -0.478 e. The lowest BCUT2D eigenvalue weighted by molar-refractivity contribution is 0.0696. The van der Waals surface area contributed by atoms with Crippen molar-refractivity contribution in [2.75, 3.05) is 11.0 Å². The molecular formula is C8H10N2O4S. The highest BCUT2D eigenvalue weighted by molar-refractivity contribution is 7.92. The summed E-state index contributed by atoms with van der Waals surface area (Å²) < 4.78 is 23.9. The van der Waals surface area contributed by atoms with Gasteiger partial charge in [0.1, 0.15) is 5.82 Å². The number of hydrogen-bond donors (Lipinski definition) is 2. The van der Waals surface area contributed by atoms with Gasteiger partial charge in [-0.15, -0.1) is 0 Å². The van der Waals surface area contributed by atoms with Gasteiger partial charge in [0.25, 0.3) is 0 Å². The van der Waals surface area contributed by atoms with Gasteiger partial charge >= 0.3 is 5.97 Å². The number of nitrogens with one attached hydrogen (secondary N) is 1. The molecule has 0 bridgehead atoms. The quantitative estimate of drug-likeness (QED) is 0.786. The number of aromatic carboxylic acids is 1. The number of carbonyl (C=O) groups is 1. The Morgan fingerprint density at radius 3 is 2.53 bits per heavy atom. The maximum atomic E-state index is 10.9. The van der Waals surface area contributed by atoms with Gasteiger partial charge in [0, 0.05) is 5.69 Å². The summed E-state index contributed by atoms with van der Waals surface area (Å²) in [6, 6.07) is 2.52. The van der Waals surface area contributed by atoms with E-state index < -0.39 is 16.0 Å². The molecule has 0 amide bonds. The molecule has 82 valence electrons. The zero-order chi connectivity index (χ0) is 11.6. The van der Waals surface area contributed by atoms with Crippen LogP contribution in [-0.2, 0) is 10.0 Å². The fraction of sp³-hybridized carbons (Fsp3) is 0.250. The van der Waals surface area contributed by atoms with Crippen molar-refractivity contribution in [2.24, 2.45) is 0 Å². The normalized spacial score (nSPS) is 11.1. The van der Waals surface area contributed by atoms with Gasteiger partial charge in [-0.2, -0.15) is 0 Å². The molecule has 0 atom stereocenters. The van der Waals surface area contributed by atoms with Crippen LogP contribution in [-0.4, -0.2) is 30.7 Å². The second-order valence-electron chi connectivity index (χ2n) is 3.06. The number of hydrogen-bond acceptors (Lipinski definition) is 4. The van der Waals surface area contributed by atoms with Gasteiger partial charge in [-0.3, -0.25) is 4.72 Å². The minimum atomic E-state index is -3.44. The molecule has 7 heteroatoms. The van der Waals surface area contributed by atoms with E-state index in [9.17, 15) is 13.2 Å². The van der Waals surface area contributed by atoms with Crippen molar-refractivity contribution in [3.8, 4) is 0 Å². The molecule has 0 aliphatic rings. The molecule has 0 aliphatic heterocycles. The summed E-state index contributed by atoms with van der Waals surface area (Å²) in [6.07, 6.45) is 0.970. The molecule has 1 rings (SSSR count). The second kappa shape index (κ2) is 3.85. The van der Waals surface area contributed by atoms with E-state index in [0.29, 0.717) is 5.69 Å². The maximum absolute atomic E-state index is 10.9. The lowest BCUT2D eigenvalue weighted by Crippen LogP contribution is -2.12. The van der Waals surface area contributed by atoms with Crippen molar-refractivity contribution in [1.29, 1.82) is 0 Å². The fourth-order valence-electron chi connectivity index (χ4n) is 1.03. The SMILES string of the molecule is Cc1cc(C(=O)O)cc(NS(C)(=O)=O)n1. The van der Waals surface area contributed by atoms with E-state index in [2.05, 4.69) is 9.71 Å². The number of aromatic nitrogens is 1. The van der Waals surface area contributed by atoms with Crippen molar-refractivity contribution in [1.82, 2.24) is 4.98 Å². The Labute approximate surface area is 87.0 Å². The maximum Gasteiger partial charge on any atom is 0.335 e. The number of anilines is 1. The van der Waals surface area contributed by atoms with Gasteiger partial charge in [-0.25, -0.2) is 18.2 Å². The van der Waals surface area contributed by atoms with Crippen molar-refractivity contribution in [2.45, 2.75) is 6.92 Å². The van der Waals surface area contributed by atoms with Crippen LogP contribution in [0.3, 0.4) is 0 Å². The van der Waals surface area contributed by atoms with Crippen LogP contribution in [0.2, 0.25) is 0 Å². The summed E-state index contributed by atoms with van der Waals surface area (Å²) in [7, 11) is -3.44. The van der Waals surface area contributed by atoms with Crippen LogP contribution in [0, 0.1) is 6.92 Å². The zero-order valence-electron chi connectivity index (χ0n) is 8.18. The van der Waals surface area contributed by atoms with Crippen LogP contribution in [0.4, 0.5) is 5.82 Å². The van der Waals surface area contributed by atoms with Crippen molar-refractivity contribution < 1.29 is 18.3 Å². The molecular weight excluding hydrogens is 220 g/mol.